The molecule has 142 valence electrons. The van der Waals surface area contributed by atoms with Crippen molar-refractivity contribution in [3.63, 3.8) is 0 Å². The average molecular weight is 477 g/mol. The first-order chi connectivity index (χ1) is 12.1. The lowest BCUT2D eigenvalue weighted by Crippen LogP contribution is -2.32. The molecule has 0 radical (unpaired) electrons. The number of anilines is 1. The Balaban J connectivity index is 0.00000338. The molecule has 26 heavy (non-hydrogen) atoms. The van der Waals surface area contributed by atoms with Crippen LogP contribution in [-0.4, -0.2) is 33.8 Å². The Labute approximate surface area is 168 Å². The van der Waals surface area contributed by atoms with Crippen molar-refractivity contribution in [2.45, 2.75) is 6.42 Å². The van der Waals surface area contributed by atoms with Crippen LogP contribution < -0.4 is 20.1 Å². The van der Waals surface area contributed by atoms with Crippen LogP contribution in [0.15, 0.2) is 41.4 Å². The van der Waals surface area contributed by atoms with Gasteiger partial charge in [-0.1, -0.05) is 12.1 Å². The summed E-state index contributed by atoms with van der Waals surface area (Å²) in [5, 5.41) is 6.16. The maximum atomic E-state index is 13.6. The third-order valence-corrected chi connectivity index (χ3v) is 3.59. The summed E-state index contributed by atoms with van der Waals surface area (Å²) in [5.74, 6) is 0.0591. The van der Waals surface area contributed by atoms with E-state index in [1.165, 1.54) is 6.07 Å². The van der Waals surface area contributed by atoms with Crippen LogP contribution in [0.5, 0.6) is 11.5 Å². The molecule has 0 unspecified atom stereocenters. The minimum Gasteiger partial charge on any atom is -0.493 e. The van der Waals surface area contributed by atoms with Gasteiger partial charge >= 0.3 is 0 Å². The number of rotatable bonds is 6. The largest absolute Gasteiger partial charge is 0.493 e. The fourth-order valence-electron chi connectivity index (χ4n) is 2.29. The van der Waals surface area contributed by atoms with Crippen LogP contribution in [0.25, 0.3) is 0 Å². The summed E-state index contributed by atoms with van der Waals surface area (Å²) in [4.78, 5) is 4.11. The van der Waals surface area contributed by atoms with Gasteiger partial charge in [0.15, 0.2) is 29.1 Å². The van der Waals surface area contributed by atoms with Crippen LogP contribution in [0.3, 0.4) is 0 Å². The molecule has 0 bridgehead atoms. The third kappa shape index (κ3) is 5.72. The maximum Gasteiger partial charge on any atom is 0.195 e. The van der Waals surface area contributed by atoms with Crippen molar-refractivity contribution in [3.8, 4) is 11.5 Å². The predicted molar refractivity (Wildman–Crippen MR) is 110 cm³/mol. The molecular weight excluding hydrogens is 455 g/mol. The molecule has 0 atom stereocenters. The van der Waals surface area contributed by atoms with Crippen molar-refractivity contribution in [1.29, 1.82) is 0 Å². The van der Waals surface area contributed by atoms with Crippen LogP contribution >= 0.6 is 24.0 Å². The summed E-state index contributed by atoms with van der Waals surface area (Å²) in [5.41, 5.74) is 1.07. The highest BCUT2D eigenvalue weighted by atomic mass is 127. The topological polar surface area (TPSA) is 54.9 Å². The summed E-state index contributed by atoms with van der Waals surface area (Å²) in [6, 6.07) is 9.52. The molecule has 2 rings (SSSR count). The fourth-order valence-corrected chi connectivity index (χ4v) is 2.29. The van der Waals surface area contributed by atoms with E-state index in [-0.39, 0.29) is 24.0 Å². The highest BCUT2D eigenvalue weighted by Gasteiger charge is 2.08. The number of ether oxygens (including phenoxy) is 2. The van der Waals surface area contributed by atoms with Gasteiger partial charge in [0.2, 0.25) is 0 Å². The van der Waals surface area contributed by atoms with Gasteiger partial charge in [0.05, 0.1) is 14.2 Å². The molecule has 0 fully saturated rings. The lowest BCUT2D eigenvalue weighted by molar-refractivity contribution is 0.355. The molecule has 2 aromatic carbocycles. The van der Waals surface area contributed by atoms with Gasteiger partial charge < -0.3 is 20.1 Å². The zero-order chi connectivity index (χ0) is 18.2. The van der Waals surface area contributed by atoms with E-state index in [9.17, 15) is 8.78 Å². The molecule has 0 aromatic heterocycles. The first-order valence-corrected chi connectivity index (χ1v) is 7.71. The summed E-state index contributed by atoms with van der Waals surface area (Å²) in [7, 11) is 4.75. The van der Waals surface area contributed by atoms with Crippen molar-refractivity contribution in [2.24, 2.45) is 4.99 Å². The van der Waals surface area contributed by atoms with Gasteiger partial charge in [0.1, 0.15) is 0 Å². The fraction of sp³-hybridized carbons (Fsp3) is 0.278. The molecule has 0 heterocycles. The number of hydrogen-bond acceptors (Lipinski definition) is 3. The first-order valence-electron chi connectivity index (χ1n) is 7.71. The van der Waals surface area contributed by atoms with E-state index in [1.807, 2.05) is 6.07 Å². The Bertz CT molecular complexity index is 757. The van der Waals surface area contributed by atoms with Crippen molar-refractivity contribution in [2.75, 3.05) is 33.1 Å². The molecule has 0 aliphatic rings. The van der Waals surface area contributed by atoms with E-state index >= 15 is 0 Å². The van der Waals surface area contributed by atoms with Crippen LogP contribution in [-0.2, 0) is 6.42 Å². The summed E-state index contributed by atoms with van der Waals surface area (Å²) < 4.78 is 37.3. The number of halogens is 3. The first kappa shape index (κ1) is 21.9. The molecule has 0 saturated carbocycles. The number of benzene rings is 2. The molecule has 2 N–H and O–H groups in total. The summed E-state index contributed by atoms with van der Waals surface area (Å²) in [6.45, 7) is 0.396. The molecule has 0 aliphatic heterocycles. The number of nitrogens with zero attached hydrogens (tertiary/aromatic N) is 1. The monoisotopic (exact) mass is 477 g/mol. The van der Waals surface area contributed by atoms with Crippen LogP contribution in [0.1, 0.15) is 5.56 Å². The Kier molecular flexibility index (Phi) is 9.11. The highest BCUT2D eigenvalue weighted by Crippen LogP contribution is 2.29. The third-order valence-electron chi connectivity index (χ3n) is 3.59. The second-order valence-corrected chi connectivity index (χ2v) is 5.16. The number of methoxy groups -OCH3 is 2. The number of hydrogen-bond donors (Lipinski definition) is 2. The molecule has 0 aliphatic carbocycles. The van der Waals surface area contributed by atoms with Gasteiger partial charge in [0, 0.05) is 25.3 Å². The van der Waals surface area contributed by atoms with E-state index in [2.05, 4.69) is 15.6 Å². The quantitative estimate of drug-likeness (QED) is 0.378. The van der Waals surface area contributed by atoms with Gasteiger partial charge in [-0.2, -0.15) is 0 Å². The molecule has 0 amide bonds. The Morgan fingerprint density at radius 3 is 2.46 bits per heavy atom. The van der Waals surface area contributed by atoms with Gasteiger partial charge in [-0.05, 0) is 30.2 Å². The van der Waals surface area contributed by atoms with Gasteiger partial charge in [-0.15, -0.1) is 24.0 Å². The average Bonchev–Trinajstić information content (AvgIpc) is 2.64. The van der Waals surface area contributed by atoms with Crippen molar-refractivity contribution in [1.82, 2.24) is 5.32 Å². The predicted octanol–water partition coefficient (Wildman–Crippen LogP) is 3.83. The molecule has 2 aromatic rings. The Morgan fingerprint density at radius 1 is 1.08 bits per heavy atom. The Morgan fingerprint density at radius 2 is 1.81 bits per heavy atom. The molecule has 0 saturated heterocycles. The van der Waals surface area contributed by atoms with Crippen LogP contribution in [0.4, 0.5) is 14.5 Å². The highest BCUT2D eigenvalue weighted by molar-refractivity contribution is 14.0. The Hall–Kier alpha value is -2.10. The van der Waals surface area contributed by atoms with E-state index in [0.29, 0.717) is 36.0 Å². The second kappa shape index (κ2) is 10.8. The van der Waals surface area contributed by atoms with E-state index < -0.39 is 11.6 Å². The normalized spacial score (nSPS) is 10.7. The number of aliphatic imine (C=N–C) groups is 1. The zero-order valence-corrected chi connectivity index (χ0v) is 17.1. The molecule has 8 heteroatoms. The van der Waals surface area contributed by atoms with E-state index in [0.717, 1.165) is 11.8 Å². The summed E-state index contributed by atoms with van der Waals surface area (Å²) >= 11 is 0. The zero-order valence-electron chi connectivity index (χ0n) is 14.8. The van der Waals surface area contributed by atoms with E-state index in [4.69, 9.17) is 9.47 Å². The van der Waals surface area contributed by atoms with Crippen molar-refractivity contribution >= 4 is 35.6 Å². The van der Waals surface area contributed by atoms with Crippen molar-refractivity contribution in [3.05, 3.63) is 53.6 Å². The van der Waals surface area contributed by atoms with Gasteiger partial charge in [0.25, 0.3) is 0 Å². The summed E-state index contributed by atoms with van der Waals surface area (Å²) in [6.07, 6.45) is 0.330. The number of guanidine groups is 1. The minimum atomic E-state index is -0.842. The molecular formula is C18H22F2IN3O2. The van der Waals surface area contributed by atoms with Crippen molar-refractivity contribution < 1.29 is 18.3 Å². The molecule has 5 nitrogen and oxygen atoms in total. The van der Waals surface area contributed by atoms with Crippen LogP contribution in [0, 0.1) is 11.6 Å². The SMILES string of the molecule is CN=C(NCCc1cccc(F)c1F)Nc1ccc(OC)c(OC)c1.I. The lowest BCUT2D eigenvalue weighted by Gasteiger charge is -2.14. The molecule has 0 spiro atoms. The smallest absolute Gasteiger partial charge is 0.195 e. The number of nitrogens with one attached hydrogen (secondary N) is 2. The maximum absolute atomic E-state index is 13.6. The minimum absolute atomic E-state index is 0. The standard InChI is InChI=1S/C18H21F2N3O2.HI/c1-21-18(22-10-9-12-5-4-6-14(19)17(12)20)23-13-7-8-15(24-2)16(11-13)25-3;/h4-8,11H,9-10H2,1-3H3,(H2,21,22,23);1H. The second-order valence-electron chi connectivity index (χ2n) is 5.16. The van der Waals surface area contributed by atoms with Gasteiger partial charge in [-0.25, -0.2) is 8.78 Å². The lowest BCUT2D eigenvalue weighted by atomic mass is 10.1. The van der Waals surface area contributed by atoms with Gasteiger partial charge in [-0.3, -0.25) is 4.99 Å². The van der Waals surface area contributed by atoms with Crippen LogP contribution in [0.2, 0.25) is 0 Å². The van der Waals surface area contributed by atoms with E-state index in [1.54, 1.807) is 39.5 Å².